The molecule has 6 heteroatoms. The van der Waals surface area contributed by atoms with E-state index in [-0.39, 0.29) is 6.04 Å². The normalized spacial score (nSPS) is 21.0. The highest BCUT2D eigenvalue weighted by Crippen LogP contribution is 2.29. The Labute approximate surface area is 125 Å². The van der Waals surface area contributed by atoms with Crippen LogP contribution in [0.3, 0.4) is 0 Å². The highest BCUT2D eigenvalue weighted by molar-refractivity contribution is 5.07. The summed E-state index contributed by atoms with van der Waals surface area (Å²) in [6.07, 6.45) is 2.40. The van der Waals surface area contributed by atoms with E-state index < -0.39 is 0 Å². The van der Waals surface area contributed by atoms with Crippen LogP contribution >= 0.6 is 0 Å². The first-order valence-electron chi connectivity index (χ1n) is 7.61. The highest BCUT2D eigenvalue weighted by Gasteiger charge is 2.32. The summed E-state index contributed by atoms with van der Waals surface area (Å²) in [6, 6.07) is 2.77. The Kier molecular flexibility index (Phi) is 3.80. The van der Waals surface area contributed by atoms with Gasteiger partial charge in [-0.2, -0.15) is 10.1 Å². The van der Waals surface area contributed by atoms with E-state index in [4.69, 9.17) is 4.52 Å². The summed E-state index contributed by atoms with van der Waals surface area (Å²) in [5.41, 5.74) is 2.30. The topological polar surface area (TPSA) is 60.0 Å². The van der Waals surface area contributed by atoms with Crippen molar-refractivity contribution in [2.24, 2.45) is 0 Å². The molecule has 0 unspecified atom stereocenters. The molecule has 21 heavy (non-hydrogen) atoms. The maximum atomic E-state index is 5.34. The minimum Gasteiger partial charge on any atom is -0.338 e. The van der Waals surface area contributed by atoms with Gasteiger partial charge in [0.1, 0.15) is 0 Å². The Morgan fingerprint density at radius 2 is 2.19 bits per heavy atom. The molecule has 2 atom stereocenters. The third kappa shape index (κ3) is 2.85. The first kappa shape index (κ1) is 14.3. The van der Waals surface area contributed by atoms with Crippen LogP contribution in [0.4, 0.5) is 0 Å². The van der Waals surface area contributed by atoms with E-state index in [1.807, 2.05) is 13.8 Å². The van der Waals surface area contributed by atoms with Crippen molar-refractivity contribution in [1.82, 2.24) is 24.8 Å². The molecule has 2 aromatic rings. The van der Waals surface area contributed by atoms with Crippen LogP contribution in [0.1, 0.15) is 48.9 Å². The van der Waals surface area contributed by atoms with Gasteiger partial charge in [0.2, 0.25) is 5.89 Å². The van der Waals surface area contributed by atoms with Crippen molar-refractivity contribution in [1.29, 1.82) is 0 Å². The van der Waals surface area contributed by atoms with Gasteiger partial charge in [-0.15, -0.1) is 0 Å². The minimum absolute atomic E-state index is 0.163. The predicted molar refractivity (Wildman–Crippen MR) is 78.9 cm³/mol. The summed E-state index contributed by atoms with van der Waals surface area (Å²) >= 11 is 0. The molecule has 1 aliphatic heterocycles. The lowest BCUT2D eigenvalue weighted by atomic mass is 10.2. The molecular formula is C15H23N5O. The molecule has 3 rings (SSSR count). The third-order valence-corrected chi connectivity index (χ3v) is 4.31. The fourth-order valence-electron chi connectivity index (χ4n) is 3.25. The second-order valence-corrected chi connectivity index (χ2v) is 6.00. The van der Waals surface area contributed by atoms with Gasteiger partial charge in [0.25, 0.3) is 0 Å². The number of hydrogen-bond donors (Lipinski definition) is 0. The van der Waals surface area contributed by atoms with Gasteiger partial charge < -0.3 is 4.52 Å². The first-order valence-corrected chi connectivity index (χ1v) is 7.61. The van der Waals surface area contributed by atoms with Gasteiger partial charge >= 0.3 is 0 Å². The van der Waals surface area contributed by atoms with Crippen molar-refractivity contribution in [3.05, 3.63) is 29.2 Å². The molecule has 0 saturated carbocycles. The zero-order valence-electron chi connectivity index (χ0n) is 13.2. The summed E-state index contributed by atoms with van der Waals surface area (Å²) in [5.74, 6) is 1.42. The lowest BCUT2D eigenvalue weighted by Crippen LogP contribution is -2.35. The second-order valence-electron chi connectivity index (χ2n) is 6.00. The standard InChI is InChI=1S/C15H23N5O/c1-10-8-11(2)20(17-10)9-14-6-5-7-19(14)12(3)15-16-13(4)18-21-15/h8,12,14H,5-7,9H2,1-4H3/t12-,14+/m1/s1. The Hall–Kier alpha value is -1.69. The van der Waals surface area contributed by atoms with Gasteiger partial charge in [0.15, 0.2) is 5.82 Å². The lowest BCUT2D eigenvalue weighted by Gasteiger charge is -2.28. The maximum absolute atomic E-state index is 5.34. The average molecular weight is 289 g/mol. The zero-order valence-corrected chi connectivity index (χ0v) is 13.2. The van der Waals surface area contributed by atoms with Crippen LogP contribution in [-0.4, -0.2) is 37.4 Å². The molecule has 1 aliphatic rings. The minimum atomic E-state index is 0.163. The van der Waals surface area contributed by atoms with Gasteiger partial charge in [0, 0.05) is 11.7 Å². The fourth-order valence-corrected chi connectivity index (χ4v) is 3.25. The van der Waals surface area contributed by atoms with Crippen molar-refractivity contribution in [2.75, 3.05) is 6.54 Å². The Balaban J connectivity index is 1.74. The van der Waals surface area contributed by atoms with E-state index in [9.17, 15) is 0 Å². The van der Waals surface area contributed by atoms with Crippen molar-refractivity contribution < 1.29 is 4.52 Å². The van der Waals surface area contributed by atoms with E-state index in [1.54, 1.807) is 0 Å². The summed E-state index contributed by atoms with van der Waals surface area (Å²) in [7, 11) is 0. The van der Waals surface area contributed by atoms with Crippen LogP contribution < -0.4 is 0 Å². The number of likely N-dealkylation sites (tertiary alicyclic amines) is 1. The summed E-state index contributed by atoms with van der Waals surface area (Å²) < 4.78 is 7.45. The molecule has 0 radical (unpaired) electrons. The molecule has 0 aromatic carbocycles. The third-order valence-electron chi connectivity index (χ3n) is 4.31. The maximum Gasteiger partial charge on any atom is 0.243 e. The largest absolute Gasteiger partial charge is 0.338 e. The molecule has 0 N–H and O–H groups in total. The first-order chi connectivity index (χ1) is 10.0. The van der Waals surface area contributed by atoms with Crippen LogP contribution in [0.25, 0.3) is 0 Å². The number of aryl methyl sites for hydroxylation is 3. The van der Waals surface area contributed by atoms with E-state index in [2.05, 4.69) is 44.7 Å². The number of hydrogen-bond acceptors (Lipinski definition) is 5. The smallest absolute Gasteiger partial charge is 0.243 e. The van der Waals surface area contributed by atoms with Gasteiger partial charge in [-0.1, -0.05) is 5.16 Å². The molecule has 2 aromatic heterocycles. The average Bonchev–Trinajstić information content (AvgIpc) is 3.12. The van der Waals surface area contributed by atoms with Crippen LogP contribution in [0.15, 0.2) is 10.6 Å². The molecule has 1 saturated heterocycles. The van der Waals surface area contributed by atoms with E-state index in [1.165, 1.54) is 18.5 Å². The summed E-state index contributed by atoms with van der Waals surface area (Å²) in [4.78, 5) is 6.84. The molecular weight excluding hydrogens is 266 g/mol. The molecule has 0 amide bonds. The lowest BCUT2D eigenvalue weighted by molar-refractivity contribution is 0.144. The van der Waals surface area contributed by atoms with E-state index >= 15 is 0 Å². The Morgan fingerprint density at radius 3 is 2.81 bits per heavy atom. The Morgan fingerprint density at radius 1 is 1.38 bits per heavy atom. The van der Waals surface area contributed by atoms with Crippen molar-refractivity contribution in [3.63, 3.8) is 0 Å². The van der Waals surface area contributed by atoms with Gasteiger partial charge in [-0.25, -0.2) is 0 Å². The number of nitrogens with zero attached hydrogens (tertiary/aromatic N) is 5. The zero-order chi connectivity index (χ0) is 15.0. The molecule has 3 heterocycles. The number of rotatable bonds is 4. The van der Waals surface area contributed by atoms with Crippen LogP contribution in [0.5, 0.6) is 0 Å². The highest BCUT2D eigenvalue weighted by atomic mass is 16.5. The van der Waals surface area contributed by atoms with Crippen molar-refractivity contribution >= 4 is 0 Å². The van der Waals surface area contributed by atoms with Gasteiger partial charge in [-0.3, -0.25) is 9.58 Å². The van der Waals surface area contributed by atoms with Crippen LogP contribution in [-0.2, 0) is 6.54 Å². The van der Waals surface area contributed by atoms with E-state index in [0.29, 0.717) is 17.8 Å². The molecule has 0 bridgehead atoms. The summed E-state index contributed by atoms with van der Waals surface area (Å²) in [5, 5.41) is 8.49. The van der Waals surface area contributed by atoms with Crippen LogP contribution in [0, 0.1) is 20.8 Å². The quantitative estimate of drug-likeness (QED) is 0.865. The van der Waals surface area contributed by atoms with Gasteiger partial charge in [0.05, 0.1) is 18.3 Å². The van der Waals surface area contributed by atoms with Gasteiger partial charge in [-0.05, 0) is 53.1 Å². The SMILES string of the molecule is Cc1cc(C)n(C[C@@H]2CCCN2[C@H](C)c2nc(C)no2)n1. The summed E-state index contributed by atoms with van der Waals surface area (Å²) in [6.45, 7) is 10.2. The van der Waals surface area contributed by atoms with Crippen LogP contribution in [0.2, 0.25) is 0 Å². The molecule has 114 valence electrons. The Bertz CT molecular complexity index is 617. The molecule has 0 spiro atoms. The second kappa shape index (κ2) is 5.60. The monoisotopic (exact) mass is 289 g/mol. The van der Waals surface area contributed by atoms with Crippen molar-refractivity contribution in [3.8, 4) is 0 Å². The molecule has 0 aliphatic carbocycles. The van der Waals surface area contributed by atoms with Crippen molar-refractivity contribution in [2.45, 2.75) is 59.2 Å². The van der Waals surface area contributed by atoms with E-state index in [0.717, 1.165) is 18.8 Å². The fraction of sp³-hybridized carbons (Fsp3) is 0.667. The molecule has 1 fully saturated rings. The molecule has 6 nitrogen and oxygen atoms in total. The predicted octanol–water partition coefficient (Wildman–Crippen LogP) is 2.42. The number of aromatic nitrogens is 4.